The van der Waals surface area contributed by atoms with Crippen LogP contribution in [0.3, 0.4) is 0 Å². The number of carbonyl (C=O) groups is 1. The average Bonchev–Trinajstić information content (AvgIpc) is 2.99. The van der Waals surface area contributed by atoms with Gasteiger partial charge in [-0.1, -0.05) is 19.1 Å². The van der Waals surface area contributed by atoms with Crippen molar-refractivity contribution in [2.75, 3.05) is 7.11 Å². The normalized spacial score (nSPS) is 27.2. The summed E-state index contributed by atoms with van der Waals surface area (Å²) in [6.07, 6.45) is 8.51. The van der Waals surface area contributed by atoms with Gasteiger partial charge in [0.15, 0.2) is 0 Å². The van der Waals surface area contributed by atoms with Gasteiger partial charge in [-0.05, 0) is 72.1 Å². The van der Waals surface area contributed by atoms with Gasteiger partial charge in [0.05, 0.1) is 7.11 Å². The van der Waals surface area contributed by atoms with Gasteiger partial charge in [0.25, 0.3) is 0 Å². The van der Waals surface area contributed by atoms with E-state index < -0.39 is 0 Å². The summed E-state index contributed by atoms with van der Waals surface area (Å²) in [5, 5.41) is 0. The van der Waals surface area contributed by atoms with Gasteiger partial charge in [-0.25, -0.2) is 0 Å². The number of aryl methyl sites for hydroxylation is 1. The lowest BCUT2D eigenvalue weighted by atomic mass is 9.63. The van der Waals surface area contributed by atoms with E-state index in [1.807, 2.05) is 0 Å². The number of methoxy groups -OCH3 is 1. The van der Waals surface area contributed by atoms with E-state index in [2.05, 4.69) is 31.2 Å². The summed E-state index contributed by atoms with van der Waals surface area (Å²) >= 11 is 0. The van der Waals surface area contributed by atoms with Gasteiger partial charge in [-0.3, -0.25) is 4.79 Å². The van der Waals surface area contributed by atoms with Crippen molar-refractivity contribution >= 4 is 11.5 Å². The van der Waals surface area contributed by atoms with E-state index in [0.29, 0.717) is 0 Å². The second-order valence-corrected chi connectivity index (χ2v) is 7.44. The van der Waals surface area contributed by atoms with Gasteiger partial charge < -0.3 is 9.47 Å². The molecule has 3 aliphatic rings. The van der Waals surface area contributed by atoms with E-state index in [9.17, 15) is 4.79 Å². The molecule has 1 aromatic carbocycles. The third-order valence-electron chi connectivity index (χ3n) is 6.42. The van der Waals surface area contributed by atoms with Crippen molar-refractivity contribution in [3.05, 3.63) is 46.5 Å². The van der Waals surface area contributed by atoms with Gasteiger partial charge in [0.2, 0.25) is 0 Å². The molecule has 0 unspecified atom stereocenters. The van der Waals surface area contributed by atoms with Gasteiger partial charge in [-0.2, -0.15) is 0 Å². The molecule has 1 aromatic rings. The van der Waals surface area contributed by atoms with Crippen molar-refractivity contribution in [1.82, 2.24) is 0 Å². The van der Waals surface area contributed by atoms with Crippen LogP contribution in [0.15, 0.2) is 35.4 Å². The zero-order valence-electron chi connectivity index (χ0n) is 15.4. The number of fused-ring (bicyclic) bond motifs is 4. The maximum atomic E-state index is 11.6. The Morgan fingerprint density at radius 2 is 2.08 bits per heavy atom. The minimum Gasteiger partial charge on any atom is -0.497 e. The van der Waals surface area contributed by atoms with E-state index in [4.69, 9.17) is 9.47 Å². The summed E-state index contributed by atoms with van der Waals surface area (Å²) in [5.74, 6) is 0.782. The number of allylic oxidation sites excluding steroid dienone is 2. The first-order chi connectivity index (χ1) is 12.1. The first-order valence-electron chi connectivity index (χ1n) is 9.36. The third kappa shape index (κ3) is 2.44. The molecule has 3 nitrogen and oxygen atoms in total. The number of esters is 1. The minimum atomic E-state index is -0.159. The molecule has 0 spiro atoms. The molecule has 0 saturated heterocycles. The Morgan fingerprint density at radius 3 is 2.80 bits per heavy atom. The maximum Gasteiger partial charge on any atom is 0.302 e. The molecule has 4 rings (SSSR count). The molecule has 0 bridgehead atoms. The van der Waals surface area contributed by atoms with E-state index >= 15 is 0 Å². The quantitative estimate of drug-likeness (QED) is 0.739. The average molecular weight is 338 g/mol. The molecule has 3 heteroatoms. The van der Waals surface area contributed by atoms with Crippen LogP contribution in [-0.4, -0.2) is 19.2 Å². The predicted octanol–water partition coefficient (Wildman–Crippen LogP) is 4.85. The lowest BCUT2D eigenvalue weighted by molar-refractivity contribution is -0.151. The van der Waals surface area contributed by atoms with Gasteiger partial charge in [0, 0.05) is 18.8 Å². The highest BCUT2D eigenvalue weighted by atomic mass is 16.5. The van der Waals surface area contributed by atoms with Crippen molar-refractivity contribution in [2.24, 2.45) is 5.41 Å². The Morgan fingerprint density at radius 1 is 1.24 bits per heavy atom. The van der Waals surface area contributed by atoms with E-state index in [1.165, 1.54) is 34.8 Å². The zero-order valence-corrected chi connectivity index (χ0v) is 15.4. The van der Waals surface area contributed by atoms with Gasteiger partial charge in [-0.15, -0.1) is 0 Å². The molecule has 0 fully saturated rings. The highest BCUT2D eigenvalue weighted by Crippen LogP contribution is 2.58. The molecule has 0 N–H and O–H groups in total. The van der Waals surface area contributed by atoms with Crippen molar-refractivity contribution in [3.8, 4) is 5.75 Å². The van der Waals surface area contributed by atoms with Crippen LogP contribution in [0.4, 0.5) is 0 Å². The molecule has 0 radical (unpaired) electrons. The second kappa shape index (κ2) is 6.05. The van der Waals surface area contributed by atoms with Gasteiger partial charge in [0.1, 0.15) is 11.9 Å². The SMILES string of the molecule is CC[C@@]12CCC3=C(CCc4cc(OC)ccc43)C1=CC[C@@H]2OC(C)=O. The molecular formula is C22H26O3. The van der Waals surface area contributed by atoms with Crippen LogP contribution in [0.2, 0.25) is 0 Å². The largest absolute Gasteiger partial charge is 0.497 e. The molecule has 132 valence electrons. The highest BCUT2D eigenvalue weighted by Gasteiger charge is 2.49. The first-order valence-corrected chi connectivity index (χ1v) is 9.36. The lowest BCUT2D eigenvalue weighted by Gasteiger charge is -2.43. The van der Waals surface area contributed by atoms with Crippen molar-refractivity contribution in [3.63, 3.8) is 0 Å². The van der Waals surface area contributed by atoms with E-state index in [0.717, 1.165) is 44.3 Å². The van der Waals surface area contributed by atoms with Gasteiger partial charge >= 0.3 is 5.97 Å². The Labute approximate surface area is 149 Å². The summed E-state index contributed by atoms with van der Waals surface area (Å²) in [6.45, 7) is 3.77. The minimum absolute atomic E-state index is 0.0105. The highest BCUT2D eigenvalue weighted by molar-refractivity contribution is 5.79. The van der Waals surface area contributed by atoms with Crippen LogP contribution in [0.25, 0.3) is 5.57 Å². The summed E-state index contributed by atoms with van der Waals surface area (Å²) in [6, 6.07) is 6.48. The number of hydrogen-bond acceptors (Lipinski definition) is 3. The van der Waals surface area contributed by atoms with Crippen molar-refractivity contribution < 1.29 is 14.3 Å². The van der Waals surface area contributed by atoms with Crippen molar-refractivity contribution in [2.45, 2.75) is 58.5 Å². The summed E-state index contributed by atoms with van der Waals surface area (Å²) < 4.78 is 11.1. The molecule has 0 amide bonds. The van der Waals surface area contributed by atoms with E-state index in [-0.39, 0.29) is 17.5 Å². The fourth-order valence-corrected chi connectivity index (χ4v) is 5.20. The summed E-state index contributed by atoms with van der Waals surface area (Å²) in [4.78, 5) is 11.6. The number of benzene rings is 1. The number of rotatable bonds is 3. The van der Waals surface area contributed by atoms with Crippen molar-refractivity contribution in [1.29, 1.82) is 0 Å². The fraction of sp³-hybridized carbons (Fsp3) is 0.500. The predicted molar refractivity (Wildman–Crippen MR) is 98.4 cm³/mol. The Hall–Kier alpha value is -2.03. The lowest BCUT2D eigenvalue weighted by Crippen LogP contribution is -2.38. The molecule has 0 saturated carbocycles. The zero-order chi connectivity index (χ0) is 17.6. The first kappa shape index (κ1) is 16.4. The molecule has 3 aliphatic carbocycles. The molecule has 2 atom stereocenters. The van der Waals surface area contributed by atoms with Crippen LogP contribution in [-0.2, 0) is 16.0 Å². The number of ether oxygens (including phenoxy) is 2. The standard InChI is InChI=1S/C22H26O3/c1-4-22-12-11-18-17-8-6-16(24-3)13-15(17)5-7-19(18)20(22)9-10-21(22)25-14(2)23/h6,8-9,13,21H,4-5,7,10-12H2,1-3H3/t21-,22+/m0/s1. The van der Waals surface area contributed by atoms with Crippen LogP contribution >= 0.6 is 0 Å². The maximum absolute atomic E-state index is 11.6. The number of hydrogen-bond donors (Lipinski definition) is 0. The molecule has 0 aliphatic heterocycles. The molecule has 0 aromatic heterocycles. The van der Waals surface area contributed by atoms with Crippen LogP contribution in [0.5, 0.6) is 5.75 Å². The third-order valence-corrected chi connectivity index (χ3v) is 6.42. The molecular weight excluding hydrogens is 312 g/mol. The van der Waals surface area contributed by atoms with Crippen LogP contribution in [0.1, 0.15) is 57.1 Å². The summed E-state index contributed by atoms with van der Waals surface area (Å²) in [7, 11) is 1.73. The monoisotopic (exact) mass is 338 g/mol. The van der Waals surface area contributed by atoms with Crippen LogP contribution < -0.4 is 4.74 Å². The smallest absolute Gasteiger partial charge is 0.302 e. The Balaban J connectivity index is 1.75. The molecule has 0 heterocycles. The Bertz CT molecular complexity index is 786. The van der Waals surface area contributed by atoms with Crippen LogP contribution in [0, 0.1) is 5.41 Å². The summed E-state index contributed by atoms with van der Waals surface area (Å²) in [5.41, 5.74) is 7.29. The second-order valence-electron chi connectivity index (χ2n) is 7.44. The topological polar surface area (TPSA) is 35.5 Å². The fourth-order valence-electron chi connectivity index (χ4n) is 5.20. The van der Waals surface area contributed by atoms with E-state index in [1.54, 1.807) is 7.11 Å². The number of carbonyl (C=O) groups excluding carboxylic acids is 1. The Kier molecular flexibility index (Phi) is 3.98. The molecule has 25 heavy (non-hydrogen) atoms.